The minimum atomic E-state index is -4.53. The molecule has 0 spiro atoms. The van der Waals surface area contributed by atoms with Gasteiger partial charge in [0.15, 0.2) is 0 Å². The van der Waals surface area contributed by atoms with E-state index in [1.165, 1.54) is 6.07 Å². The molecule has 0 aliphatic carbocycles. The fourth-order valence-corrected chi connectivity index (χ4v) is 3.29. The second-order valence-electron chi connectivity index (χ2n) is 6.72. The molecule has 0 unspecified atom stereocenters. The van der Waals surface area contributed by atoms with Crippen LogP contribution in [-0.2, 0) is 15.7 Å². The molecule has 10 heteroatoms. The lowest BCUT2D eigenvalue weighted by atomic mass is 10.1. The van der Waals surface area contributed by atoms with Crippen molar-refractivity contribution in [3.05, 3.63) is 23.8 Å². The molecule has 1 aromatic carbocycles. The summed E-state index contributed by atoms with van der Waals surface area (Å²) in [5, 5.41) is 4.89. The molecule has 2 heterocycles. The number of hydrogen-bond donors (Lipinski definition) is 2. The number of anilines is 2. The second kappa shape index (κ2) is 8.68. The number of hydrogen-bond acceptors (Lipinski definition) is 4. The normalized spacial score (nSPS) is 17.5. The van der Waals surface area contributed by atoms with Crippen LogP contribution in [0.15, 0.2) is 18.2 Å². The monoisotopic (exact) mass is 400 g/mol. The molecular weight excluding hydrogens is 377 g/mol. The Morgan fingerprint density at radius 2 is 1.75 bits per heavy atom. The number of likely N-dealkylation sites (tertiary alicyclic amines) is 1. The van der Waals surface area contributed by atoms with Gasteiger partial charge in [-0.25, -0.2) is 4.79 Å². The third kappa shape index (κ3) is 5.06. The molecule has 28 heavy (non-hydrogen) atoms. The number of amides is 3. The van der Waals surface area contributed by atoms with E-state index in [0.717, 1.165) is 25.0 Å². The number of carbonyl (C=O) groups is 2. The van der Waals surface area contributed by atoms with E-state index >= 15 is 0 Å². The van der Waals surface area contributed by atoms with Crippen LogP contribution in [0.25, 0.3) is 0 Å². The summed E-state index contributed by atoms with van der Waals surface area (Å²) in [7, 11) is 0. The summed E-state index contributed by atoms with van der Waals surface area (Å²) in [6.45, 7) is 3.06. The number of ether oxygens (including phenoxy) is 1. The maximum Gasteiger partial charge on any atom is 0.416 e. The van der Waals surface area contributed by atoms with Crippen LogP contribution >= 0.6 is 0 Å². The van der Waals surface area contributed by atoms with Gasteiger partial charge in [-0.2, -0.15) is 13.2 Å². The Morgan fingerprint density at radius 3 is 2.39 bits per heavy atom. The highest BCUT2D eigenvalue weighted by Crippen LogP contribution is 2.35. The van der Waals surface area contributed by atoms with E-state index in [1.807, 2.05) is 4.90 Å². The molecule has 0 radical (unpaired) electrons. The summed E-state index contributed by atoms with van der Waals surface area (Å²) in [6, 6.07) is 2.53. The van der Waals surface area contributed by atoms with Crippen LogP contribution in [0.4, 0.5) is 29.3 Å². The molecule has 2 saturated heterocycles. The highest BCUT2D eigenvalue weighted by Gasteiger charge is 2.32. The highest BCUT2D eigenvalue weighted by molar-refractivity contribution is 5.95. The summed E-state index contributed by atoms with van der Waals surface area (Å²) < 4.78 is 44.6. The average Bonchev–Trinajstić information content (AvgIpc) is 3.21. The van der Waals surface area contributed by atoms with E-state index in [0.29, 0.717) is 45.1 Å². The van der Waals surface area contributed by atoms with Crippen LogP contribution in [0.3, 0.4) is 0 Å². The van der Waals surface area contributed by atoms with E-state index in [-0.39, 0.29) is 18.1 Å². The number of alkyl halides is 3. The van der Waals surface area contributed by atoms with Crippen LogP contribution in [0, 0.1) is 0 Å². The van der Waals surface area contributed by atoms with Crippen molar-refractivity contribution in [2.24, 2.45) is 0 Å². The van der Waals surface area contributed by atoms with E-state index < -0.39 is 17.8 Å². The number of carbonyl (C=O) groups excluding carboxylic acids is 2. The predicted molar refractivity (Wildman–Crippen MR) is 97.3 cm³/mol. The summed E-state index contributed by atoms with van der Waals surface area (Å²) >= 11 is 0. The van der Waals surface area contributed by atoms with Crippen LogP contribution in [0.5, 0.6) is 0 Å². The van der Waals surface area contributed by atoms with E-state index in [1.54, 1.807) is 4.90 Å². The SMILES string of the molecule is O=C(NCC(=O)N1CCCC1)Nc1cc(C(F)(F)F)ccc1N1CCOCC1. The van der Waals surface area contributed by atoms with Crippen molar-refractivity contribution < 1.29 is 27.5 Å². The molecule has 2 aliphatic heterocycles. The van der Waals surface area contributed by atoms with Gasteiger partial charge in [0.1, 0.15) is 0 Å². The molecule has 2 aliphatic rings. The first-order valence-electron chi connectivity index (χ1n) is 9.21. The second-order valence-corrected chi connectivity index (χ2v) is 6.72. The van der Waals surface area contributed by atoms with E-state index in [9.17, 15) is 22.8 Å². The summed E-state index contributed by atoms with van der Waals surface area (Å²) in [6.07, 6.45) is -2.65. The Balaban J connectivity index is 1.70. The Morgan fingerprint density at radius 1 is 1.07 bits per heavy atom. The van der Waals surface area contributed by atoms with Crippen LogP contribution in [0.1, 0.15) is 18.4 Å². The maximum atomic E-state index is 13.1. The Hall–Kier alpha value is -2.49. The van der Waals surface area contributed by atoms with Gasteiger partial charge >= 0.3 is 12.2 Å². The molecule has 0 bridgehead atoms. The number of halogens is 3. The standard InChI is InChI=1S/C18H23F3N4O3/c19-18(20,21)13-3-4-15(24-7-9-28-10-8-24)14(11-13)23-17(27)22-12-16(26)25-5-1-2-6-25/h3-4,11H,1-2,5-10,12H2,(H2,22,23,27). The van der Waals surface area contributed by atoms with Crippen molar-refractivity contribution in [1.29, 1.82) is 0 Å². The lowest BCUT2D eigenvalue weighted by Gasteiger charge is -2.31. The Kier molecular flexibility index (Phi) is 6.28. The molecule has 0 saturated carbocycles. The number of morpholine rings is 1. The van der Waals surface area contributed by atoms with Crippen LogP contribution in [0.2, 0.25) is 0 Å². The zero-order valence-corrected chi connectivity index (χ0v) is 15.3. The zero-order chi connectivity index (χ0) is 20.1. The molecule has 0 aromatic heterocycles. The highest BCUT2D eigenvalue weighted by atomic mass is 19.4. The van der Waals surface area contributed by atoms with Gasteiger partial charge in [-0.3, -0.25) is 4.79 Å². The Labute approximate surface area is 160 Å². The van der Waals surface area contributed by atoms with Gasteiger partial charge in [0, 0.05) is 26.2 Å². The topological polar surface area (TPSA) is 73.9 Å². The third-order valence-electron chi connectivity index (χ3n) is 4.78. The summed E-state index contributed by atoms with van der Waals surface area (Å²) in [4.78, 5) is 27.7. The first kappa shape index (κ1) is 20.2. The van der Waals surface area contributed by atoms with Crippen molar-refractivity contribution in [3.63, 3.8) is 0 Å². The van der Waals surface area contributed by atoms with Gasteiger partial charge in [-0.15, -0.1) is 0 Å². The van der Waals surface area contributed by atoms with Gasteiger partial charge in [-0.05, 0) is 31.0 Å². The summed E-state index contributed by atoms with van der Waals surface area (Å²) in [5.41, 5.74) is -0.326. The fourth-order valence-electron chi connectivity index (χ4n) is 3.29. The largest absolute Gasteiger partial charge is 0.416 e. The first-order valence-corrected chi connectivity index (χ1v) is 9.21. The van der Waals surface area contributed by atoms with Gasteiger partial charge in [-0.1, -0.05) is 0 Å². The molecule has 3 rings (SSSR count). The number of rotatable bonds is 4. The molecule has 154 valence electrons. The minimum Gasteiger partial charge on any atom is -0.378 e. The fraction of sp³-hybridized carbons (Fsp3) is 0.556. The van der Waals surface area contributed by atoms with Gasteiger partial charge in [0.25, 0.3) is 0 Å². The van der Waals surface area contributed by atoms with Crippen LogP contribution in [-0.4, -0.2) is 62.8 Å². The van der Waals surface area contributed by atoms with Crippen LogP contribution < -0.4 is 15.5 Å². The quantitative estimate of drug-likeness (QED) is 0.814. The number of urea groups is 1. The zero-order valence-electron chi connectivity index (χ0n) is 15.3. The number of benzene rings is 1. The van der Waals surface area contributed by atoms with Crippen molar-refractivity contribution in [3.8, 4) is 0 Å². The summed E-state index contributed by atoms with van der Waals surface area (Å²) in [5.74, 6) is -0.204. The maximum absolute atomic E-state index is 13.1. The van der Waals surface area contributed by atoms with Gasteiger partial charge in [0.05, 0.1) is 36.7 Å². The molecule has 7 nitrogen and oxygen atoms in total. The van der Waals surface area contributed by atoms with E-state index in [4.69, 9.17) is 4.74 Å². The molecule has 0 atom stereocenters. The van der Waals surface area contributed by atoms with E-state index in [2.05, 4.69) is 10.6 Å². The number of nitrogens with one attached hydrogen (secondary N) is 2. The minimum absolute atomic E-state index is 0.0443. The van der Waals surface area contributed by atoms with Crippen molar-refractivity contribution in [2.75, 3.05) is 56.2 Å². The smallest absolute Gasteiger partial charge is 0.378 e. The molecule has 1 aromatic rings. The first-order chi connectivity index (χ1) is 13.3. The third-order valence-corrected chi connectivity index (χ3v) is 4.78. The van der Waals surface area contributed by atoms with Crippen molar-refractivity contribution >= 4 is 23.3 Å². The van der Waals surface area contributed by atoms with Crippen molar-refractivity contribution in [1.82, 2.24) is 10.2 Å². The van der Waals surface area contributed by atoms with Gasteiger partial charge < -0.3 is 25.2 Å². The Bertz CT molecular complexity index is 715. The number of nitrogens with zero attached hydrogens (tertiary/aromatic N) is 2. The average molecular weight is 400 g/mol. The predicted octanol–water partition coefficient (Wildman–Crippen LogP) is 2.29. The molecular formula is C18H23F3N4O3. The van der Waals surface area contributed by atoms with Crippen molar-refractivity contribution in [2.45, 2.75) is 19.0 Å². The lowest BCUT2D eigenvalue weighted by Crippen LogP contribution is -2.41. The van der Waals surface area contributed by atoms with Gasteiger partial charge in [0.2, 0.25) is 5.91 Å². The molecule has 2 fully saturated rings. The molecule has 3 amide bonds. The molecule has 2 N–H and O–H groups in total. The lowest BCUT2D eigenvalue weighted by molar-refractivity contribution is -0.137.